The van der Waals surface area contributed by atoms with Gasteiger partial charge < -0.3 is 14.6 Å². The molecule has 0 atom stereocenters. The van der Waals surface area contributed by atoms with E-state index < -0.39 is 12.1 Å². The summed E-state index contributed by atoms with van der Waals surface area (Å²) < 4.78 is 10.4. The van der Waals surface area contributed by atoms with Crippen LogP contribution in [0.5, 0.6) is 5.75 Å². The van der Waals surface area contributed by atoms with Gasteiger partial charge in [-0.1, -0.05) is 0 Å². The lowest BCUT2D eigenvalue weighted by atomic mass is 10.2. The molecule has 2 aromatic rings. The lowest BCUT2D eigenvalue weighted by molar-refractivity contribution is -0.134. The molecule has 0 aliphatic rings. The van der Waals surface area contributed by atoms with Crippen molar-refractivity contribution in [3.8, 4) is 5.75 Å². The minimum Gasteiger partial charge on any atom is -0.497 e. The highest BCUT2D eigenvalue weighted by atomic mass is 16.5. The highest BCUT2D eigenvalue weighted by molar-refractivity contribution is 5.96. The lowest BCUT2D eigenvalue weighted by Gasteiger charge is -1.99. The van der Waals surface area contributed by atoms with Crippen LogP contribution in [0, 0.1) is 0 Å². The van der Waals surface area contributed by atoms with Gasteiger partial charge in [0.15, 0.2) is 0 Å². The third kappa shape index (κ3) is 2.46. The summed E-state index contributed by atoms with van der Waals surface area (Å²) in [5.41, 5.74) is 0.745. The van der Waals surface area contributed by atoms with Crippen LogP contribution in [0.25, 0.3) is 17.0 Å². The average Bonchev–Trinajstić information content (AvgIpc) is 2.82. The second-order valence-corrected chi connectivity index (χ2v) is 3.82. The molecule has 1 heterocycles. The van der Waals surface area contributed by atoms with Crippen LogP contribution in [0.2, 0.25) is 0 Å². The van der Waals surface area contributed by atoms with Crippen molar-refractivity contribution in [2.24, 2.45) is 0 Å². The summed E-state index contributed by atoms with van der Waals surface area (Å²) in [6.07, 6.45) is 1.36. The second kappa shape index (κ2) is 5.43. The first-order valence-corrected chi connectivity index (χ1v) is 5.63. The Morgan fingerprint density at radius 2 is 2.10 bits per heavy atom. The van der Waals surface area contributed by atoms with E-state index >= 15 is 0 Å². The van der Waals surface area contributed by atoms with Crippen molar-refractivity contribution in [2.75, 3.05) is 14.2 Å². The van der Waals surface area contributed by atoms with Crippen molar-refractivity contribution < 1.29 is 24.2 Å². The highest BCUT2D eigenvalue weighted by Gasteiger charge is 2.14. The van der Waals surface area contributed by atoms with E-state index in [1.807, 2.05) is 0 Å². The first-order valence-electron chi connectivity index (χ1n) is 5.63. The van der Waals surface area contributed by atoms with Crippen molar-refractivity contribution >= 4 is 29.0 Å². The standard InChI is InChI=1S/C13H12N2O5/c1-19-8-3-5-11-9(7-8)10(4-6-12(16)20-2)14-15(11)13(17)18/h3-7H,1-2H3,(H,17,18)/b6-4+. The summed E-state index contributed by atoms with van der Waals surface area (Å²) in [4.78, 5) is 22.2. The number of aromatic nitrogens is 2. The van der Waals surface area contributed by atoms with Gasteiger partial charge in [-0.05, 0) is 24.3 Å². The van der Waals surface area contributed by atoms with Crippen LogP contribution in [-0.2, 0) is 9.53 Å². The summed E-state index contributed by atoms with van der Waals surface area (Å²) >= 11 is 0. The number of carbonyl (C=O) groups excluding carboxylic acids is 1. The number of carbonyl (C=O) groups is 2. The molecule has 20 heavy (non-hydrogen) atoms. The molecule has 1 aromatic heterocycles. The molecule has 0 unspecified atom stereocenters. The smallest absolute Gasteiger partial charge is 0.432 e. The van der Waals surface area contributed by atoms with E-state index in [2.05, 4.69) is 9.84 Å². The van der Waals surface area contributed by atoms with E-state index in [4.69, 9.17) is 9.84 Å². The maximum atomic E-state index is 11.1. The monoisotopic (exact) mass is 276 g/mol. The average molecular weight is 276 g/mol. The Hall–Kier alpha value is -2.83. The van der Waals surface area contributed by atoms with E-state index in [0.29, 0.717) is 22.3 Å². The molecule has 1 N–H and O–H groups in total. The van der Waals surface area contributed by atoms with Crippen molar-refractivity contribution in [1.29, 1.82) is 0 Å². The van der Waals surface area contributed by atoms with Crippen molar-refractivity contribution in [1.82, 2.24) is 9.78 Å². The van der Waals surface area contributed by atoms with Crippen LogP contribution in [0.15, 0.2) is 24.3 Å². The number of benzene rings is 1. The Morgan fingerprint density at radius 3 is 2.70 bits per heavy atom. The fourth-order valence-corrected chi connectivity index (χ4v) is 1.73. The molecule has 0 bridgehead atoms. The molecule has 0 spiro atoms. The number of rotatable bonds is 3. The van der Waals surface area contributed by atoms with Gasteiger partial charge in [0, 0.05) is 11.5 Å². The van der Waals surface area contributed by atoms with Gasteiger partial charge in [0.1, 0.15) is 5.75 Å². The molecular formula is C13H12N2O5. The Morgan fingerprint density at radius 1 is 1.35 bits per heavy atom. The van der Waals surface area contributed by atoms with Crippen molar-refractivity contribution in [3.05, 3.63) is 30.0 Å². The van der Waals surface area contributed by atoms with E-state index in [1.54, 1.807) is 18.2 Å². The summed E-state index contributed by atoms with van der Waals surface area (Å²) in [7, 11) is 2.76. The SMILES string of the molecule is COC(=O)/C=C/c1nn(C(=O)O)c2ccc(OC)cc12. The van der Waals surface area contributed by atoms with Gasteiger partial charge in [0.2, 0.25) is 0 Å². The molecule has 0 amide bonds. The predicted octanol–water partition coefficient (Wildman–Crippen LogP) is 1.76. The van der Waals surface area contributed by atoms with Gasteiger partial charge in [-0.3, -0.25) is 0 Å². The summed E-state index contributed by atoms with van der Waals surface area (Å²) in [5, 5.41) is 13.6. The third-order valence-corrected chi connectivity index (χ3v) is 2.68. The van der Waals surface area contributed by atoms with Gasteiger partial charge in [0.25, 0.3) is 0 Å². The van der Waals surface area contributed by atoms with Crippen LogP contribution >= 0.6 is 0 Å². The third-order valence-electron chi connectivity index (χ3n) is 2.68. The zero-order valence-corrected chi connectivity index (χ0v) is 10.9. The Bertz CT molecular complexity index is 702. The van der Waals surface area contributed by atoms with Crippen LogP contribution < -0.4 is 4.74 Å². The Kier molecular flexibility index (Phi) is 3.69. The summed E-state index contributed by atoms with van der Waals surface area (Å²) in [6.45, 7) is 0. The summed E-state index contributed by atoms with van der Waals surface area (Å²) in [5.74, 6) is 0.0149. The maximum absolute atomic E-state index is 11.1. The molecular weight excluding hydrogens is 264 g/mol. The zero-order valence-electron chi connectivity index (χ0n) is 10.9. The first-order chi connectivity index (χ1) is 9.56. The topological polar surface area (TPSA) is 90.7 Å². The molecule has 2 rings (SSSR count). The molecule has 0 aliphatic heterocycles. The normalized spacial score (nSPS) is 10.9. The maximum Gasteiger partial charge on any atom is 0.432 e. The van der Waals surface area contributed by atoms with Crippen molar-refractivity contribution in [3.63, 3.8) is 0 Å². The van der Waals surface area contributed by atoms with Gasteiger partial charge in [-0.25, -0.2) is 9.59 Å². The number of nitrogens with zero attached hydrogens (tertiary/aromatic N) is 2. The largest absolute Gasteiger partial charge is 0.497 e. The van der Waals surface area contributed by atoms with Crippen LogP contribution in [0.1, 0.15) is 5.69 Å². The lowest BCUT2D eigenvalue weighted by Crippen LogP contribution is -2.09. The summed E-state index contributed by atoms with van der Waals surface area (Å²) in [6, 6.07) is 4.88. The molecule has 0 saturated heterocycles. The number of methoxy groups -OCH3 is 2. The van der Waals surface area contributed by atoms with E-state index in [-0.39, 0.29) is 0 Å². The van der Waals surface area contributed by atoms with Gasteiger partial charge >= 0.3 is 12.1 Å². The quantitative estimate of drug-likeness (QED) is 0.678. The number of hydrogen-bond acceptors (Lipinski definition) is 5. The zero-order chi connectivity index (χ0) is 14.7. The molecule has 7 nitrogen and oxygen atoms in total. The minimum absolute atomic E-state index is 0.340. The second-order valence-electron chi connectivity index (χ2n) is 3.82. The fraction of sp³-hybridized carbons (Fsp3) is 0.154. The molecule has 0 saturated carbocycles. The van der Waals surface area contributed by atoms with Crippen LogP contribution in [0.4, 0.5) is 4.79 Å². The molecule has 1 aromatic carbocycles. The Balaban J connectivity index is 2.60. The number of ether oxygens (including phenoxy) is 2. The molecule has 104 valence electrons. The Labute approximate surface area is 114 Å². The minimum atomic E-state index is -1.21. The number of hydrogen-bond donors (Lipinski definition) is 1. The number of esters is 1. The van der Waals surface area contributed by atoms with Gasteiger partial charge in [-0.15, -0.1) is 0 Å². The fourth-order valence-electron chi connectivity index (χ4n) is 1.73. The van der Waals surface area contributed by atoms with Crippen LogP contribution in [0.3, 0.4) is 0 Å². The van der Waals surface area contributed by atoms with E-state index in [0.717, 1.165) is 4.68 Å². The first kappa shape index (κ1) is 13.6. The van der Waals surface area contributed by atoms with Crippen LogP contribution in [-0.4, -0.2) is 41.2 Å². The van der Waals surface area contributed by atoms with Gasteiger partial charge in [-0.2, -0.15) is 9.78 Å². The molecule has 0 radical (unpaired) electrons. The molecule has 7 heteroatoms. The van der Waals surface area contributed by atoms with Crippen molar-refractivity contribution in [2.45, 2.75) is 0 Å². The van der Waals surface area contributed by atoms with Gasteiger partial charge in [0.05, 0.1) is 25.4 Å². The molecule has 0 fully saturated rings. The molecule has 0 aliphatic carbocycles. The predicted molar refractivity (Wildman–Crippen MR) is 70.8 cm³/mol. The number of carboxylic acid groups (broad SMARTS) is 1. The van der Waals surface area contributed by atoms with E-state index in [1.165, 1.54) is 26.4 Å². The number of fused-ring (bicyclic) bond motifs is 1. The highest BCUT2D eigenvalue weighted by Crippen LogP contribution is 2.24. The van der Waals surface area contributed by atoms with E-state index in [9.17, 15) is 9.59 Å².